The number of aliphatic hydroxyl groups is 1. The van der Waals surface area contributed by atoms with Crippen molar-refractivity contribution in [1.82, 2.24) is 4.90 Å². The van der Waals surface area contributed by atoms with Gasteiger partial charge < -0.3 is 14.6 Å². The average Bonchev–Trinajstić information content (AvgIpc) is 2.79. The Hall–Kier alpha value is -2.82. The van der Waals surface area contributed by atoms with Gasteiger partial charge in [-0.05, 0) is 40.8 Å². The van der Waals surface area contributed by atoms with Crippen molar-refractivity contribution >= 4 is 0 Å². The van der Waals surface area contributed by atoms with Gasteiger partial charge in [-0.3, -0.25) is 4.90 Å². The number of ether oxygens (including phenoxy) is 2. The molecule has 4 rings (SSSR count). The summed E-state index contributed by atoms with van der Waals surface area (Å²) in [6, 6.07) is 24.6. The third-order valence-electron chi connectivity index (χ3n) is 5.68. The van der Waals surface area contributed by atoms with Crippen molar-refractivity contribution in [3.8, 4) is 11.5 Å². The Morgan fingerprint density at radius 1 is 0.931 bits per heavy atom. The van der Waals surface area contributed by atoms with E-state index in [0.29, 0.717) is 6.54 Å². The maximum absolute atomic E-state index is 10.9. The maximum atomic E-state index is 10.9. The standard InChI is InChI=1S/C25H27NO3/c1-28-23-15-20-13-14-26(17-22(27)18-9-5-3-6-10-18)25(19-11-7-4-8-12-19)21(20)16-24(23)29-2/h3-12,15-16,22,25,27H,13-14,17H2,1-2H3/t22-,25+/m1/s1. The van der Waals surface area contributed by atoms with Gasteiger partial charge >= 0.3 is 0 Å². The number of benzene rings is 3. The van der Waals surface area contributed by atoms with Crippen LogP contribution in [0.1, 0.15) is 34.4 Å². The molecule has 3 aromatic carbocycles. The summed E-state index contributed by atoms with van der Waals surface area (Å²) >= 11 is 0. The molecule has 0 aliphatic carbocycles. The third-order valence-corrected chi connectivity index (χ3v) is 5.68. The highest BCUT2D eigenvalue weighted by Crippen LogP contribution is 2.41. The molecule has 0 saturated carbocycles. The normalized spacial score (nSPS) is 17.4. The predicted octanol–water partition coefficient (Wildman–Crippen LogP) is 4.38. The Morgan fingerprint density at radius 2 is 1.55 bits per heavy atom. The van der Waals surface area contributed by atoms with E-state index in [1.807, 2.05) is 36.4 Å². The smallest absolute Gasteiger partial charge is 0.161 e. The predicted molar refractivity (Wildman–Crippen MR) is 115 cm³/mol. The molecule has 0 radical (unpaired) electrons. The summed E-state index contributed by atoms with van der Waals surface area (Å²) in [6.07, 6.45) is 0.365. The molecule has 0 spiro atoms. The van der Waals surface area contributed by atoms with Crippen molar-refractivity contribution in [2.75, 3.05) is 27.3 Å². The van der Waals surface area contributed by atoms with E-state index in [9.17, 15) is 5.11 Å². The van der Waals surface area contributed by atoms with Gasteiger partial charge in [0.2, 0.25) is 0 Å². The van der Waals surface area contributed by atoms with Crippen LogP contribution in [0, 0.1) is 0 Å². The topological polar surface area (TPSA) is 41.9 Å². The summed E-state index contributed by atoms with van der Waals surface area (Å²) in [4.78, 5) is 2.36. The van der Waals surface area contributed by atoms with Gasteiger partial charge in [0.15, 0.2) is 11.5 Å². The fourth-order valence-electron chi connectivity index (χ4n) is 4.22. The molecular formula is C25H27NO3. The van der Waals surface area contributed by atoms with Crippen LogP contribution in [-0.2, 0) is 6.42 Å². The summed E-state index contributed by atoms with van der Waals surface area (Å²) in [6.45, 7) is 1.43. The quantitative estimate of drug-likeness (QED) is 0.679. The first-order chi connectivity index (χ1) is 14.2. The molecule has 3 aromatic rings. The minimum atomic E-state index is -0.538. The van der Waals surface area contributed by atoms with E-state index in [1.54, 1.807) is 14.2 Å². The molecule has 1 heterocycles. The number of hydrogen-bond donors (Lipinski definition) is 1. The van der Waals surface area contributed by atoms with E-state index in [2.05, 4.69) is 41.3 Å². The van der Waals surface area contributed by atoms with Crippen LogP contribution in [0.3, 0.4) is 0 Å². The first-order valence-electron chi connectivity index (χ1n) is 9.98. The monoisotopic (exact) mass is 389 g/mol. The minimum Gasteiger partial charge on any atom is -0.493 e. The van der Waals surface area contributed by atoms with E-state index in [-0.39, 0.29) is 6.04 Å². The lowest BCUT2D eigenvalue weighted by molar-refractivity contribution is 0.0920. The molecule has 1 aliphatic rings. The molecule has 150 valence electrons. The van der Waals surface area contributed by atoms with Gasteiger partial charge in [0.1, 0.15) is 0 Å². The van der Waals surface area contributed by atoms with Crippen molar-refractivity contribution in [1.29, 1.82) is 0 Å². The van der Waals surface area contributed by atoms with E-state index in [0.717, 1.165) is 30.0 Å². The summed E-state index contributed by atoms with van der Waals surface area (Å²) in [5, 5.41) is 10.9. The molecule has 0 amide bonds. The van der Waals surface area contributed by atoms with E-state index < -0.39 is 6.10 Å². The second-order valence-corrected chi connectivity index (χ2v) is 7.39. The largest absolute Gasteiger partial charge is 0.493 e. The maximum Gasteiger partial charge on any atom is 0.161 e. The first kappa shape index (κ1) is 19.5. The molecule has 0 saturated heterocycles. The molecule has 0 fully saturated rings. The Bertz CT molecular complexity index is 943. The number of fused-ring (bicyclic) bond motifs is 1. The van der Waals surface area contributed by atoms with Crippen molar-refractivity contribution in [3.05, 3.63) is 95.1 Å². The van der Waals surface area contributed by atoms with Gasteiger partial charge in [0, 0.05) is 13.1 Å². The van der Waals surface area contributed by atoms with Crippen LogP contribution < -0.4 is 9.47 Å². The zero-order valence-electron chi connectivity index (χ0n) is 16.9. The number of hydrogen-bond acceptors (Lipinski definition) is 4. The Labute approximate surface area is 172 Å². The molecule has 0 bridgehead atoms. The summed E-state index contributed by atoms with van der Waals surface area (Å²) in [5.74, 6) is 1.49. The molecule has 1 N–H and O–H groups in total. The van der Waals surface area contributed by atoms with Crippen LogP contribution in [0.25, 0.3) is 0 Å². The van der Waals surface area contributed by atoms with Crippen LogP contribution in [0.2, 0.25) is 0 Å². The fourth-order valence-corrected chi connectivity index (χ4v) is 4.22. The van der Waals surface area contributed by atoms with E-state index >= 15 is 0 Å². The number of nitrogens with zero attached hydrogens (tertiary/aromatic N) is 1. The van der Waals surface area contributed by atoms with Crippen LogP contribution in [0.15, 0.2) is 72.8 Å². The highest BCUT2D eigenvalue weighted by molar-refractivity contribution is 5.51. The average molecular weight is 389 g/mol. The molecule has 0 aromatic heterocycles. The van der Waals surface area contributed by atoms with Gasteiger partial charge in [-0.2, -0.15) is 0 Å². The number of aliphatic hydroxyl groups excluding tert-OH is 1. The molecule has 4 nitrogen and oxygen atoms in total. The molecule has 29 heavy (non-hydrogen) atoms. The van der Waals surface area contributed by atoms with Gasteiger partial charge in [0.25, 0.3) is 0 Å². The van der Waals surface area contributed by atoms with Crippen molar-refractivity contribution in [3.63, 3.8) is 0 Å². The van der Waals surface area contributed by atoms with Gasteiger partial charge in [0.05, 0.1) is 26.4 Å². The molecule has 2 atom stereocenters. The Balaban J connectivity index is 1.73. The second-order valence-electron chi connectivity index (χ2n) is 7.39. The van der Waals surface area contributed by atoms with Crippen LogP contribution >= 0.6 is 0 Å². The summed E-state index contributed by atoms with van der Waals surface area (Å²) < 4.78 is 11.1. The number of methoxy groups -OCH3 is 2. The minimum absolute atomic E-state index is 0.0538. The van der Waals surface area contributed by atoms with Crippen molar-refractivity contribution in [2.24, 2.45) is 0 Å². The number of β-amino-alcohol motifs (C(OH)–C–C–N with tert-alkyl or cyclic N) is 1. The number of rotatable bonds is 6. The first-order valence-corrected chi connectivity index (χ1v) is 9.98. The van der Waals surface area contributed by atoms with Crippen molar-refractivity contribution in [2.45, 2.75) is 18.6 Å². The van der Waals surface area contributed by atoms with Gasteiger partial charge in [-0.15, -0.1) is 0 Å². The molecular weight excluding hydrogens is 362 g/mol. The lowest BCUT2D eigenvalue weighted by Crippen LogP contribution is -2.38. The van der Waals surface area contributed by atoms with Crippen LogP contribution in [0.5, 0.6) is 11.5 Å². The van der Waals surface area contributed by atoms with Crippen molar-refractivity contribution < 1.29 is 14.6 Å². The molecule has 1 aliphatic heterocycles. The Kier molecular flexibility index (Phi) is 5.84. The molecule has 4 heteroatoms. The third kappa shape index (κ3) is 4.00. The van der Waals surface area contributed by atoms with Crippen LogP contribution in [-0.4, -0.2) is 37.3 Å². The summed E-state index contributed by atoms with van der Waals surface area (Å²) in [5.41, 5.74) is 4.63. The Morgan fingerprint density at radius 3 is 2.21 bits per heavy atom. The second kappa shape index (κ2) is 8.68. The zero-order chi connectivity index (χ0) is 20.2. The SMILES string of the molecule is COc1cc2c(cc1OC)[C@H](c1ccccc1)N(C[C@@H](O)c1ccccc1)CC2. The summed E-state index contributed by atoms with van der Waals surface area (Å²) in [7, 11) is 3.34. The van der Waals surface area contributed by atoms with Gasteiger partial charge in [-0.25, -0.2) is 0 Å². The van der Waals surface area contributed by atoms with Crippen LogP contribution in [0.4, 0.5) is 0 Å². The molecule has 0 unspecified atom stereocenters. The van der Waals surface area contributed by atoms with E-state index in [1.165, 1.54) is 16.7 Å². The highest BCUT2D eigenvalue weighted by Gasteiger charge is 2.31. The zero-order valence-corrected chi connectivity index (χ0v) is 16.9. The highest BCUT2D eigenvalue weighted by atomic mass is 16.5. The van der Waals surface area contributed by atoms with E-state index in [4.69, 9.17) is 9.47 Å². The van der Waals surface area contributed by atoms with Gasteiger partial charge in [-0.1, -0.05) is 60.7 Å². The lowest BCUT2D eigenvalue weighted by Gasteiger charge is -2.39. The fraction of sp³-hybridized carbons (Fsp3) is 0.280. The lowest BCUT2D eigenvalue weighted by atomic mass is 9.87.